The van der Waals surface area contributed by atoms with Gasteiger partial charge in [0, 0.05) is 17.4 Å². The largest absolute Gasteiger partial charge is 0.507 e. The number of rotatable bonds is 2. The summed E-state index contributed by atoms with van der Waals surface area (Å²) in [6, 6.07) is 6.93. The lowest BCUT2D eigenvalue weighted by molar-refractivity contribution is 0.102. The van der Waals surface area contributed by atoms with Gasteiger partial charge in [-0.15, -0.1) is 0 Å². The van der Waals surface area contributed by atoms with Crippen LogP contribution in [0, 0.1) is 11.6 Å². The van der Waals surface area contributed by atoms with Crippen LogP contribution in [0.2, 0.25) is 0 Å². The molecule has 0 radical (unpaired) electrons. The van der Waals surface area contributed by atoms with Crippen molar-refractivity contribution in [2.75, 3.05) is 11.1 Å². The van der Waals surface area contributed by atoms with Crippen LogP contribution in [-0.2, 0) is 0 Å². The highest BCUT2D eigenvalue weighted by molar-refractivity contribution is 6.06. The Labute approximate surface area is 107 Å². The van der Waals surface area contributed by atoms with E-state index in [-0.39, 0.29) is 17.0 Å². The maximum atomic E-state index is 13.0. The molecule has 0 aliphatic carbocycles. The summed E-state index contributed by atoms with van der Waals surface area (Å²) in [6.45, 7) is 0. The summed E-state index contributed by atoms with van der Waals surface area (Å²) in [5.41, 5.74) is 5.82. The van der Waals surface area contributed by atoms with Gasteiger partial charge in [-0.1, -0.05) is 0 Å². The number of nitrogen functional groups attached to an aromatic ring is 1. The number of amides is 1. The molecule has 0 fully saturated rings. The van der Waals surface area contributed by atoms with Gasteiger partial charge in [0.2, 0.25) is 0 Å². The Morgan fingerprint density at radius 3 is 2.53 bits per heavy atom. The van der Waals surface area contributed by atoms with Gasteiger partial charge in [0.15, 0.2) is 11.6 Å². The molecule has 0 aromatic heterocycles. The van der Waals surface area contributed by atoms with Crippen molar-refractivity contribution in [3.05, 3.63) is 53.6 Å². The molecule has 2 aromatic carbocycles. The van der Waals surface area contributed by atoms with E-state index in [1.807, 2.05) is 0 Å². The Kier molecular flexibility index (Phi) is 3.33. The van der Waals surface area contributed by atoms with Crippen molar-refractivity contribution >= 4 is 17.3 Å². The molecule has 1 amide bonds. The van der Waals surface area contributed by atoms with Crippen LogP contribution in [0.25, 0.3) is 0 Å². The van der Waals surface area contributed by atoms with Crippen molar-refractivity contribution in [2.45, 2.75) is 0 Å². The number of nitrogens with one attached hydrogen (secondary N) is 1. The monoisotopic (exact) mass is 264 g/mol. The number of benzene rings is 2. The average Bonchev–Trinajstić information content (AvgIpc) is 2.36. The summed E-state index contributed by atoms with van der Waals surface area (Å²) in [6.07, 6.45) is 0. The molecule has 6 heteroatoms. The molecule has 0 aliphatic heterocycles. The van der Waals surface area contributed by atoms with E-state index >= 15 is 0 Å². The number of phenols is 1. The number of halogens is 2. The molecule has 2 aromatic rings. The summed E-state index contributed by atoms with van der Waals surface area (Å²) in [7, 11) is 0. The number of carbonyl (C=O) groups excluding carboxylic acids is 1. The van der Waals surface area contributed by atoms with Gasteiger partial charge in [-0.25, -0.2) is 8.78 Å². The SMILES string of the molecule is Nc1ccc(O)c(C(=O)Nc2ccc(F)c(F)c2)c1. The van der Waals surface area contributed by atoms with Crippen molar-refractivity contribution < 1.29 is 18.7 Å². The molecular formula is C13H10F2N2O2. The fourth-order valence-corrected chi connectivity index (χ4v) is 1.51. The summed E-state index contributed by atoms with van der Waals surface area (Å²) in [5, 5.41) is 11.9. The van der Waals surface area contributed by atoms with Crippen molar-refractivity contribution in [3.63, 3.8) is 0 Å². The van der Waals surface area contributed by atoms with Crippen LogP contribution in [0.1, 0.15) is 10.4 Å². The lowest BCUT2D eigenvalue weighted by Crippen LogP contribution is -2.12. The predicted molar refractivity (Wildman–Crippen MR) is 66.8 cm³/mol. The van der Waals surface area contributed by atoms with Crippen molar-refractivity contribution in [2.24, 2.45) is 0 Å². The third kappa shape index (κ3) is 2.79. The van der Waals surface area contributed by atoms with Crippen molar-refractivity contribution in [1.29, 1.82) is 0 Å². The summed E-state index contributed by atoms with van der Waals surface area (Å²) in [5.74, 6) is -3.01. The Morgan fingerprint density at radius 1 is 1.11 bits per heavy atom. The van der Waals surface area contributed by atoms with Crippen LogP contribution in [0.3, 0.4) is 0 Å². The topological polar surface area (TPSA) is 75.3 Å². The standard InChI is InChI=1S/C13H10F2N2O2/c14-10-3-2-8(6-11(10)15)17-13(19)9-5-7(16)1-4-12(9)18/h1-6,18H,16H2,(H,17,19). The number of hydrogen-bond donors (Lipinski definition) is 3. The first-order valence-corrected chi connectivity index (χ1v) is 5.32. The summed E-state index contributed by atoms with van der Waals surface area (Å²) >= 11 is 0. The second-order valence-corrected chi connectivity index (χ2v) is 3.86. The Bertz CT molecular complexity index is 645. The highest BCUT2D eigenvalue weighted by atomic mass is 19.2. The summed E-state index contributed by atoms with van der Waals surface area (Å²) in [4.78, 5) is 11.8. The van der Waals surface area contributed by atoms with Crippen molar-refractivity contribution in [1.82, 2.24) is 0 Å². The average molecular weight is 264 g/mol. The maximum Gasteiger partial charge on any atom is 0.259 e. The summed E-state index contributed by atoms with van der Waals surface area (Å²) < 4.78 is 25.7. The quantitative estimate of drug-likeness (QED) is 0.576. The minimum absolute atomic E-state index is 0.0512. The molecule has 0 atom stereocenters. The minimum atomic E-state index is -1.07. The van der Waals surface area contributed by atoms with Gasteiger partial charge in [0.05, 0.1) is 5.56 Å². The van der Waals surface area contributed by atoms with Gasteiger partial charge in [-0.2, -0.15) is 0 Å². The van der Waals surface area contributed by atoms with E-state index in [1.165, 1.54) is 24.3 Å². The number of phenolic OH excluding ortho intramolecular Hbond substituents is 1. The molecule has 4 N–H and O–H groups in total. The zero-order valence-electron chi connectivity index (χ0n) is 9.65. The molecule has 0 aliphatic rings. The van der Waals surface area contributed by atoms with Crippen LogP contribution in [0.15, 0.2) is 36.4 Å². The maximum absolute atomic E-state index is 13.0. The molecule has 2 rings (SSSR count). The van der Waals surface area contributed by atoms with Gasteiger partial charge in [-0.3, -0.25) is 4.79 Å². The van der Waals surface area contributed by atoms with E-state index in [9.17, 15) is 18.7 Å². The van der Waals surface area contributed by atoms with Crippen LogP contribution < -0.4 is 11.1 Å². The van der Waals surface area contributed by atoms with Crippen molar-refractivity contribution in [3.8, 4) is 5.75 Å². The van der Waals surface area contributed by atoms with Gasteiger partial charge >= 0.3 is 0 Å². The first kappa shape index (κ1) is 12.8. The number of nitrogens with two attached hydrogens (primary N) is 1. The highest BCUT2D eigenvalue weighted by Gasteiger charge is 2.12. The highest BCUT2D eigenvalue weighted by Crippen LogP contribution is 2.21. The van der Waals surface area contributed by atoms with E-state index in [0.29, 0.717) is 5.69 Å². The molecule has 0 saturated carbocycles. The molecular weight excluding hydrogens is 254 g/mol. The number of carbonyl (C=O) groups is 1. The van der Waals surface area contributed by atoms with Gasteiger partial charge < -0.3 is 16.2 Å². The number of hydrogen-bond acceptors (Lipinski definition) is 3. The number of aromatic hydroxyl groups is 1. The molecule has 0 bridgehead atoms. The molecule has 98 valence electrons. The van der Waals surface area contributed by atoms with E-state index in [1.54, 1.807) is 0 Å². The first-order chi connectivity index (χ1) is 8.97. The van der Waals surface area contributed by atoms with Gasteiger partial charge in [-0.05, 0) is 30.3 Å². The van der Waals surface area contributed by atoms with E-state index in [4.69, 9.17) is 5.73 Å². The van der Waals surface area contributed by atoms with Crippen LogP contribution >= 0.6 is 0 Å². The van der Waals surface area contributed by atoms with E-state index < -0.39 is 17.5 Å². The third-order valence-electron chi connectivity index (χ3n) is 2.44. The fraction of sp³-hybridized carbons (Fsp3) is 0. The van der Waals surface area contributed by atoms with E-state index in [2.05, 4.69) is 5.32 Å². The third-order valence-corrected chi connectivity index (χ3v) is 2.44. The first-order valence-electron chi connectivity index (χ1n) is 5.32. The fourth-order valence-electron chi connectivity index (χ4n) is 1.51. The molecule has 19 heavy (non-hydrogen) atoms. The zero-order valence-corrected chi connectivity index (χ0v) is 9.65. The lowest BCUT2D eigenvalue weighted by Gasteiger charge is -2.07. The second kappa shape index (κ2) is 4.93. The molecule has 0 spiro atoms. The number of anilines is 2. The normalized spacial score (nSPS) is 10.2. The molecule has 0 saturated heterocycles. The lowest BCUT2D eigenvalue weighted by atomic mass is 10.1. The smallest absolute Gasteiger partial charge is 0.259 e. The minimum Gasteiger partial charge on any atom is -0.507 e. The van der Waals surface area contributed by atoms with Gasteiger partial charge in [0.1, 0.15) is 5.75 Å². The molecule has 4 nitrogen and oxygen atoms in total. The molecule has 0 unspecified atom stereocenters. The second-order valence-electron chi connectivity index (χ2n) is 3.86. The zero-order chi connectivity index (χ0) is 14.0. The van der Waals surface area contributed by atoms with Crippen LogP contribution in [0.4, 0.5) is 20.2 Å². The Hall–Kier alpha value is -2.63. The van der Waals surface area contributed by atoms with Gasteiger partial charge in [0.25, 0.3) is 5.91 Å². The molecule has 0 heterocycles. The predicted octanol–water partition coefficient (Wildman–Crippen LogP) is 2.50. The van der Waals surface area contributed by atoms with Crippen LogP contribution in [-0.4, -0.2) is 11.0 Å². The van der Waals surface area contributed by atoms with E-state index in [0.717, 1.165) is 12.1 Å². The van der Waals surface area contributed by atoms with Crippen LogP contribution in [0.5, 0.6) is 5.75 Å². The Morgan fingerprint density at radius 2 is 1.84 bits per heavy atom. The Balaban J connectivity index is 2.25.